The van der Waals surface area contributed by atoms with E-state index in [1.54, 1.807) is 12.1 Å². The van der Waals surface area contributed by atoms with Crippen molar-refractivity contribution in [1.82, 2.24) is 0 Å². The second kappa shape index (κ2) is 5.53. The molecule has 1 aliphatic carbocycles. The number of benzene rings is 3. The molecule has 0 spiro atoms. The zero-order chi connectivity index (χ0) is 16.7. The van der Waals surface area contributed by atoms with Gasteiger partial charge in [0.15, 0.2) is 12.4 Å². The van der Waals surface area contributed by atoms with Crippen molar-refractivity contribution >= 4 is 6.29 Å². The van der Waals surface area contributed by atoms with Gasteiger partial charge >= 0.3 is 0 Å². The van der Waals surface area contributed by atoms with Crippen LogP contribution in [0.1, 0.15) is 33.2 Å². The topological polar surface area (TPSA) is 46.5 Å². The maximum absolute atomic E-state index is 10.8. The Morgan fingerprint density at radius 2 is 1.79 bits per heavy atom. The molecule has 0 aromatic heterocycles. The number of phenolic OH excluding ortho intramolecular Hbond substituents is 1. The third-order valence-electron chi connectivity index (χ3n) is 4.41. The van der Waals surface area contributed by atoms with E-state index in [0.717, 1.165) is 0 Å². The molecule has 1 unspecified atom stereocenters. The van der Waals surface area contributed by atoms with Crippen molar-refractivity contribution in [3.05, 3.63) is 82.9 Å². The van der Waals surface area contributed by atoms with E-state index in [9.17, 15) is 9.90 Å². The molecule has 3 heteroatoms. The zero-order valence-electron chi connectivity index (χ0n) is 13.2. The number of aryl methyl sites for hydroxylation is 1. The summed E-state index contributed by atoms with van der Waals surface area (Å²) in [6.07, 6.45) is 0.527. The van der Waals surface area contributed by atoms with Crippen LogP contribution in [0.25, 0.3) is 11.1 Å². The van der Waals surface area contributed by atoms with Crippen molar-refractivity contribution in [2.45, 2.75) is 13.0 Å². The highest BCUT2D eigenvalue weighted by Crippen LogP contribution is 2.52. The molecule has 1 atom stereocenters. The summed E-state index contributed by atoms with van der Waals surface area (Å²) in [7, 11) is 0. The molecule has 0 fully saturated rings. The number of phenols is 1. The largest absolute Gasteiger partial charge is 0.507 e. The number of fused-ring (bicyclic) bond motifs is 1. The number of ether oxygens (including phenoxy) is 1. The minimum absolute atomic E-state index is 0.0628. The van der Waals surface area contributed by atoms with Gasteiger partial charge in [-0.1, -0.05) is 42.5 Å². The first-order chi connectivity index (χ1) is 11.7. The van der Waals surface area contributed by atoms with Crippen molar-refractivity contribution in [1.29, 1.82) is 0 Å². The highest BCUT2D eigenvalue weighted by Gasteiger charge is 2.39. The van der Waals surface area contributed by atoms with Gasteiger partial charge in [0.2, 0.25) is 0 Å². The number of carbonyl (C=O) groups excluding carboxylic acids is 1. The van der Waals surface area contributed by atoms with E-state index in [4.69, 9.17) is 4.74 Å². The van der Waals surface area contributed by atoms with Crippen molar-refractivity contribution in [3.63, 3.8) is 0 Å². The van der Waals surface area contributed by atoms with Crippen LogP contribution in [-0.2, 0) is 0 Å². The zero-order valence-corrected chi connectivity index (χ0v) is 13.2. The molecular weight excluding hydrogens is 300 g/mol. The summed E-state index contributed by atoms with van der Waals surface area (Å²) in [5.74, 6) is 0.491. The summed E-state index contributed by atoms with van der Waals surface area (Å²) in [5.41, 5.74) is 6.20. The summed E-state index contributed by atoms with van der Waals surface area (Å²) in [5, 5.41) is 9.82. The molecule has 0 aliphatic heterocycles. The number of hydrogen-bond donors (Lipinski definition) is 1. The third-order valence-corrected chi connectivity index (χ3v) is 4.41. The minimum atomic E-state index is -0.100. The van der Waals surface area contributed by atoms with Crippen LogP contribution < -0.4 is 4.74 Å². The Bertz CT molecular complexity index is 929. The monoisotopic (exact) mass is 316 g/mol. The molecule has 1 N–H and O–H groups in total. The van der Waals surface area contributed by atoms with E-state index in [-0.39, 0.29) is 17.4 Å². The summed E-state index contributed by atoms with van der Waals surface area (Å²) >= 11 is 0. The van der Waals surface area contributed by atoms with E-state index in [2.05, 4.69) is 31.2 Å². The van der Waals surface area contributed by atoms with E-state index in [0.29, 0.717) is 12.0 Å². The Kier molecular flexibility index (Phi) is 3.35. The van der Waals surface area contributed by atoms with Gasteiger partial charge in [0.1, 0.15) is 11.5 Å². The van der Waals surface area contributed by atoms with Crippen molar-refractivity contribution in [2.24, 2.45) is 0 Å². The van der Waals surface area contributed by atoms with Crippen LogP contribution >= 0.6 is 0 Å². The van der Waals surface area contributed by atoms with Crippen LogP contribution in [0.3, 0.4) is 0 Å². The molecule has 118 valence electrons. The molecular formula is C21H16O3. The van der Waals surface area contributed by atoms with Gasteiger partial charge in [-0.05, 0) is 35.7 Å². The fourth-order valence-corrected chi connectivity index (χ4v) is 3.11. The fourth-order valence-electron chi connectivity index (χ4n) is 3.11. The third kappa shape index (κ3) is 2.35. The molecule has 1 aliphatic rings. The predicted molar refractivity (Wildman–Crippen MR) is 92.6 cm³/mol. The summed E-state index contributed by atoms with van der Waals surface area (Å²) in [4.78, 5) is 10.8. The first kappa shape index (κ1) is 14.5. The lowest BCUT2D eigenvalue weighted by molar-refractivity contribution is 0.112. The Hall–Kier alpha value is -3.07. The second-order valence-corrected chi connectivity index (χ2v) is 5.96. The smallest absolute Gasteiger partial charge is 0.153 e. The number of rotatable bonds is 4. The van der Waals surface area contributed by atoms with E-state index in [1.807, 2.05) is 18.2 Å². The Morgan fingerprint density at radius 1 is 1.00 bits per heavy atom. The molecule has 3 nitrogen and oxygen atoms in total. The van der Waals surface area contributed by atoms with Gasteiger partial charge in [0.25, 0.3) is 0 Å². The second-order valence-electron chi connectivity index (χ2n) is 5.96. The van der Waals surface area contributed by atoms with Crippen LogP contribution in [-0.4, -0.2) is 11.4 Å². The van der Waals surface area contributed by atoms with Gasteiger partial charge in [-0.15, -0.1) is 0 Å². The number of carbonyl (C=O) groups is 1. The molecule has 0 saturated heterocycles. The number of hydrogen-bond acceptors (Lipinski definition) is 3. The Labute approximate surface area is 140 Å². The van der Waals surface area contributed by atoms with Crippen LogP contribution in [0, 0.1) is 6.92 Å². The van der Waals surface area contributed by atoms with Crippen LogP contribution in [0.5, 0.6) is 11.5 Å². The average molecular weight is 316 g/mol. The normalized spacial score (nSPS) is 14.8. The average Bonchev–Trinajstić information content (AvgIpc) is 3.31. The molecule has 0 heterocycles. The van der Waals surface area contributed by atoms with Gasteiger partial charge in [0.05, 0.1) is 5.56 Å². The summed E-state index contributed by atoms with van der Waals surface area (Å²) in [6, 6.07) is 19.2. The van der Waals surface area contributed by atoms with Gasteiger partial charge in [-0.25, -0.2) is 0 Å². The van der Waals surface area contributed by atoms with Crippen LogP contribution in [0.2, 0.25) is 0 Å². The molecule has 3 aromatic carbocycles. The maximum atomic E-state index is 10.8. The van der Waals surface area contributed by atoms with E-state index >= 15 is 0 Å². The highest BCUT2D eigenvalue weighted by atomic mass is 16.5. The number of aromatic hydroxyl groups is 1. The number of aldehydes is 1. The Morgan fingerprint density at radius 3 is 2.50 bits per heavy atom. The van der Waals surface area contributed by atoms with Crippen molar-refractivity contribution < 1.29 is 14.6 Å². The van der Waals surface area contributed by atoms with Crippen LogP contribution in [0.4, 0.5) is 0 Å². The van der Waals surface area contributed by atoms with Crippen molar-refractivity contribution in [3.8, 4) is 22.6 Å². The molecule has 0 amide bonds. The highest BCUT2D eigenvalue weighted by molar-refractivity contribution is 5.80. The lowest BCUT2D eigenvalue weighted by atomic mass is 10.0. The summed E-state index contributed by atoms with van der Waals surface area (Å²) in [6.45, 7) is 2.07. The first-order valence-corrected chi connectivity index (χ1v) is 7.82. The fraction of sp³-hybridized carbons (Fsp3) is 0.0952. The quantitative estimate of drug-likeness (QED) is 0.712. The lowest BCUT2D eigenvalue weighted by Crippen LogP contribution is -1.92. The van der Waals surface area contributed by atoms with Gasteiger partial charge in [-0.2, -0.15) is 0 Å². The van der Waals surface area contributed by atoms with Gasteiger partial charge < -0.3 is 9.84 Å². The van der Waals surface area contributed by atoms with E-state index in [1.165, 1.54) is 33.9 Å². The predicted octanol–water partition coefficient (Wildman–Crippen LogP) is 4.66. The SMILES string of the molecule is Cc1ccc(-c2ccccc2)c2c1C2Oc1ccc(C=O)c(O)c1. The maximum Gasteiger partial charge on any atom is 0.153 e. The lowest BCUT2D eigenvalue weighted by Gasteiger charge is -2.07. The summed E-state index contributed by atoms with van der Waals surface area (Å²) < 4.78 is 6.04. The Balaban J connectivity index is 1.66. The molecule has 24 heavy (non-hydrogen) atoms. The first-order valence-electron chi connectivity index (χ1n) is 7.82. The van der Waals surface area contributed by atoms with Gasteiger partial charge in [-0.3, -0.25) is 4.79 Å². The molecule has 3 aromatic rings. The molecule has 0 saturated carbocycles. The van der Waals surface area contributed by atoms with Crippen LogP contribution in [0.15, 0.2) is 60.7 Å². The molecule has 0 radical (unpaired) electrons. The molecule has 4 rings (SSSR count). The van der Waals surface area contributed by atoms with E-state index < -0.39 is 0 Å². The standard InChI is InChI=1S/C21H16O3/c1-13-7-10-17(14-5-3-2-4-6-14)20-19(13)21(20)24-16-9-8-15(12-22)18(23)11-16/h2-12,21,23H,1H3. The minimum Gasteiger partial charge on any atom is -0.507 e. The molecule has 0 bridgehead atoms. The van der Waals surface area contributed by atoms with Crippen molar-refractivity contribution in [2.75, 3.05) is 0 Å². The van der Waals surface area contributed by atoms with Gasteiger partial charge in [0, 0.05) is 17.2 Å².